The standard InChI is InChI=1S/C48H58N4O11S/c1-30(50-5)46(56)51-44(48(2,3)4)47(57)52-29-33-26-38(12-8-32(33)27-40(52)45(49)55)62-25-23-60-21-19-58-18-20-59-22-24-61-36-13-15-37(16-14-36)63-42-39-17-11-35(54)28-41(39)64-43(42)31-6-9-34(53)10-7-31/h6-17,26,28,30,40,44,50,53-54H,18-25,27,29H2,1-5H3,(H2,49,55)(H,51,56)/t30-,40-,44+/m0/s1. The van der Waals surface area contributed by atoms with E-state index in [0.717, 1.165) is 31.7 Å². The van der Waals surface area contributed by atoms with Crippen molar-refractivity contribution in [3.8, 4) is 44.9 Å². The molecule has 6 rings (SSSR count). The number of phenols is 2. The first kappa shape index (κ1) is 47.6. The van der Waals surface area contributed by atoms with E-state index in [1.54, 1.807) is 38.2 Å². The highest BCUT2D eigenvalue weighted by Gasteiger charge is 2.42. The predicted octanol–water partition coefficient (Wildman–Crippen LogP) is 6.16. The number of aromatic hydroxyl groups is 2. The van der Waals surface area contributed by atoms with Crippen LogP contribution in [-0.4, -0.2) is 111 Å². The van der Waals surface area contributed by atoms with Gasteiger partial charge in [-0.15, -0.1) is 11.3 Å². The van der Waals surface area contributed by atoms with E-state index in [1.807, 2.05) is 81.4 Å². The Morgan fingerprint density at radius 3 is 1.95 bits per heavy atom. The van der Waals surface area contributed by atoms with Gasteiger partial charge in [0, 0.05) is 23.1 Å². The summed E-state index contributed by atoms with van der Waals surface area (Å²) in [5, 5.41) is 26.4. The largest absolute Gasteiger partial charge is 0.508 e. The number of carbonyl (C=O) groups excluding carboxylic acids is 3. The minimum atomic E-state index is -0.876. The fourth-order valence-electron chi connectivity index (χ4n) is 7.02. The van der Waals surface area contributed by atoms with Gasteiger partial charge in [0.2, 0.25) is 17.7 Å². The normalized spacial score (nSPS) is 14.7. The monoisotopic (exact) mass is 898 g/mol. The molecule has 0 spiro atoms. The molecule has 0 saturated carbocycles. The molecule has 0 fully saturated rings. The molecule has 3 amide bonds. The summed E-state index contributed by atoms with van der Waals surface area (Å²) in [4.78, 5) is 41.6. The molecule has 4 aromatic carbocycles. The Bertz CT molecular complexity index is 2350. The number of nitrogens with one attached hydrogen (secondary N) is 2. The number of thiophene rings is 1. The molecule has 0 radical (unpaired) electrons. The van der Waals surface area contributed by atoms with Gasteiger partial charge in [-0.1, -0.05) is 26.8 Å². The van der Waals surface area contributed by atoms with E-state index >= 15 is 0 Å². The molecular weight excluding hydrogens is 841 g/mol. The topological polar surface area (TPSA) is 200 Å². The molecule has 0 aliphatic carbocycles. The van der Waals surface area contributed by atoms with E-state index in [2.05, 4.69) is 10.6 Å². The number of nitrogens with two attached hydrogens (primary N) is 1. The molecule has 1 aliphatic heterocycles. The van der Waals surface area contributed by atoms with Gasteiger partial charge >= 0.3 is 0 Å². The third-order valence-electron chi connectivity index (χ3n) is 10.7. The van der Waals surface area contributed by atoms with E-state index < -0.39 is 29.4 Å². The van der Waals surface area contributed by atoms with E-state index in [0.29, 0.717) is 75.9 Å². The zero-order valence-electron chi connectivity index (χ0n) is 36.9. The van der Waals surface area contributed by atoms with Crippen LogP contribution in [0.5, 0.6) is 34.5 Å². The minimum Gasteiger partial charge on any atom is -0.508 e. The molecule has 3 atom stereocenters. The molecule has 6 N–H and O–H groups in total. The van der Waals surface area contributed by atoms with Crippen LogP contribution in [0.2, 0.25) is 0 Å². The number of hydrogen-bond acceptors (Lipinski definition) is 13. The molecule has 0 saturated heterocycles. The molecule has 16 heteroatoms. The van der Waals surface area contributed by atoms with Gasteiger partial charge in [-0.25, -0.2) is 0 Å². The highest BCUT2D eigenvalue weighted by molar-refractivity contribution is 7.22. The molecule has 1 aliphatic rings. The second-order valence-electron chi connectivity index (χ2n) is 16.4. The van der Waals surface area contributed by atoms with Gasteiger partial charge in [0.15, 0.2) is 5.75 Å². The first-order chi connectivity index (χ1) is 30.7. The zero-order valence-corrected chi connectivity index (χ0v) is 37.7. The van der Waals surface area contributed by atoms with Crippen LogP contribution in [0, 0.1) is 5.41 Å². The summed E-state index contributed by atoms with van der Waals surface area (Å²) in [5.41, 5.74) is 7.79. The second-order valence-corrected chi connectivity index (χ2v) is 17.5. The predicted molar refractivity (Wildman–Crippen MR) is 244 cm³/mol. The highest BCUT2D eigenvalue weighted by atomic mass is 32.1. The van der Waals surface area contributed by atoms with Crippen LogP contribution in [0.1, 0.15) is 38.8 Å². The number of rotatable bonds is 22. The number of amides is 3. The van der Waals surface area contributed by atoms with Gasteiger partial charge in [-0.2, -0.15) is 0 Å². The van der Waals surface area contributed by atoms with Crippen LogP contribution < -0.4 is 30.6 Å². The van der Waals surface area contributed by atoms with Crippen LogP contribution in [0.3, 0.4) is 0 Å². The average Bonchev–Trinajstić information content (AvgIpc) is 3.62. The van der Waals surface area contributed by atoms with Crippen molar-refractivity contribution in [3.63, 3.8) is 0 Å². The van der Waals surface area contributed by atoms with Crippen LogP contribution >= 0.6 is 11.3 Å². The van der Waals surface area contributed by atoms with Gasteiger partial charge < -0.3 is 59.9 Å². The van der Waals surface area contributed by atoms with Crippen molar-refractivity contribution in [2.75, 3.05) is 59.9 Å². The number of likely N-dealkylation sites (N-methyl/N-ethyl adjacent to an activating group) is 1. The Balaban J connectivity index is 0.855. The number of ether oxygens (including phenoxy) is 6. The summed E-state index contributed by atoms with van der Waals surface area (Å²) in [6.07, 6.45) is 0.261. The lowest BCUT2D eigenvalue weighted by Crippen LogP contribution is -2.61. The van der Waals surface area contributed by atoms with Crippen LogP contribution in [0.25, 0.3) is 20.5 Å². The maximum absolute atomic E-state index is 14.0. The Kier molecular flexibility index (Phi) is 16.4. The molecule has 64 heavy (non-hydrogen) atoms. The van der Waals surface area contributed by atoms with Crippen LogP contribution in [0.15, 0.2) is 84.9 Å². The van der Waals surface area contributed by atoms with Crippen molar-refractivity contribution in [1.29, 1.82) is 0 Å². The number of fused-ring (bicyclic) bond motifs is 2. The van der Waals surface area contributed by atoms with Gasteiger partial charge in [-0.3, -0.25) is 14.4 Å². The van der Waals surface area contributed by atoms with Crippen molar-refractivity contribution in [2.24, 2.45) is 11.1 Å². The van der Waals surface area contributed by atoms with Crippen LogP contribution in [-0.2, 0) is 41.6 Å². The first-order valence-corrected chi connectivity index (χ1v) is 22.0. The highest BCUT2D eigenvalue weighted by Crippen LogP contribution is 2.47. The van der Waals surface area contributed by atoms with Gasteiger partial charge in [0.05, 0.1) is 50.6 Å². The summed E-state index contributed by atoms with van der Waals surface area (Å²) in [6, 6.07) is 22.8. The number of nitrogens with zero attached hydrogens (tertiary/aromatic N) is 1. The van der Waals surface area contributed by atoms with Gasteiger partial charge in [0.1, 0.15) is 54.0 Å². The number of hydrogen-bond donors (Lipinski definition) is 5. The summed E-state index contributed by atoms with van der Waals surface area (Å²) < 4.78 is 36.0. The number of phenolic OH excluding ortho intramolecular Hbond substituents is 2. The first-order valence-electron chi connectivity index (χ1n) is 21.2. The SMILES string of the molecule is CN[C@@H](C)C(=O)N[C@H](C(=O)N1Cc2cc(OCCOCCOCCOCCOc3ccc(Oc4c(-c5ccc(O)cc5)sc5cc(O)ccc45)cc3)ccc2C[C@H]1C(N)=O)C(C)(C)C. The third-order valence-corrected chi connectivity index (χ3v) is 11.9. The molecule has 1 aromatic heterocycles. The van der Waals surface area contributed by atoms with E-state index in [4.69, 9.17) is 34.2 Å². The minimum absolute atomic E-state index is 0.145. The van der Waals surface area contributed by atoms with E-state index in [9.17, 15) is 24.6 Å². The molecular formula is C48H58N4O11S. The Morgan fingerprint density at radius 1 is 0.766 bits per heavy atom. The van der Waals surface area contributed by atoms with Gasteiger partial charge in [0.25, 0.3) is 0 Å². The van der Waals surface area contributed by atoms with Crippen molar-refractivity contribution in [3.05, 3.63) is 96.1 Å². The lowest BCUT2D eigenvalue weighted by atomic mass is 9.84. The smallest absolute Gasteiger partial charge is 0.246 e. The Hall–Kier alpha value is -5.91. The fourth-order valence-corrected chi connectivity index (χ4v) is 8.18. The summed E-state index contributed by atoms with van der Waals surface area (Å²) in [5.74, 6) is 1.62. The van der Waals surface area contributed by atoms with Crippen molar-refractivity contribution in [2.45, 2.75) is 58.8 Å². The maximum atomic E-state index is 14.0. The third kappa shape index (κ3) is 12.6. The van der Waals surface area contributed by atoms with Crippen LogP contribution in [0.4, 0.5) is 0 Å². The lowest BCUT2D eigenvalue weighted by Gasteiger charge is -2.40. The van der Waals surface area contributed by atoms with Crippen molar-refractivity contribution < 1.29 is 53.0 Å². The zero-order chi connectivity index (χ0) is 45.8. The van der Waals surface area contributed by atoms with Gasteiger partial charge in [-0.05, 0) is 115 Å². The lowest BCUT2D eigenvalue weighted by molar-refractivity contribution is -0.146. The fraction of sp³-hybridized carbons (Fsp3) is 0.396. The molecule has 0 unspecified atom stereocenters. The average molecular weight is 899 g/mol. The second kappa shape index (κ2) is 22.1. The molecule has 5 aromatic rings. The Labute approximate surface area is 377 Å². The number of primary amides is 1. The quantitative estimate of drug-likeness (QED) is 0.0497. The molecule has 0 bridgehead atoms. The maximum Gasteiger partial charge on any atom is 0.246 e. The Morgan fingerprint density at radius 2 is 1.34 bits per heavy atom. The summed E-state index contributed by atoms with van der Waals surface area (Å²) in [6.45, 7) is 10.4. The number of carbonyl (C=O) groups is 3. The molecule has 342 valence electrons. The van der Waals surface area contributed by atoms with E-state index in [-0.39, 0.29) is 36.3 Å². The summed E-state index contributed by atoms with van der Waals surface area (Å²) >= 11 is 1.50. The molecule has 2 heterocycles. The number of benzene rings is 4. The van der Waals surface area contributed by atoms with E-state index in [1.165, 1.54) is 16.2 Å². The molecule has 15 nitrogen and oxygen atoms in total. The van der Waals surface area contributed by atoms with Crippen molar-refractivity contribution >= 4 is 39.1 Å². The van der Waals surface area contributed by atoms with Crippen molar-refractivity contribution in [1.82, 2.24) is 15.5 Å². The summed E-state index contributed by atoms with van der Waals surface area (Å²) in [7, 11) is 1.67.